The van der Waals surface area contributed by atoms with Crippen molar-refractivity contribution >= 4 is 35.0 Å². The van der Waals surface area contributed by atoms with Crippen LogP contribution in [0.5, 0.6) is 5.75 Å². The number of phenols is 1. The van der Waals surface area contributed by atoms with Gasteiger partial charge < -0.3 is 15.2 Å². The number of hydrogen-bond donors (Lipinski definition) is 2. The maximum absolute atomic E-state index is 14.0. The van der Waals surface area contributed by atoms with Crippen LogP contribution in [0.4, 0.5) is 17.1 Å². The average Bonchev–Trinajstić information content (AvgIpc) is 3.55. The first-order valence-corrected chi connectivity index (χ1v) is 15.6. The fraction of sp³-hybridized carbons (Fsp3) is 0.351. The third kappa shape index (κ3) is 5.76. The molecular weight excluding hydrogens is 536 g/mol. The number of hydrogen-bond acceptors (Lipinski definition) is 5. The standard InChI is InChI=1S/C37H40N2O4/c1-3-10-26-22-30-35(31-23-43-33(34(26)31)20-15-24(4-2)21-25-11-8-9-14-32(25)40)37(42)39(36(30)41)29-18-16-28(17-19-29)38-27-12-6-5-7-13-27/h5-9,11-14,16-19,21,30-31,33,35,38,40H,3-4,10,15,20,22-23H2,1-2H3/b24-21+/t30-,31+,33-,35-/m1/s1. The number of nitrogens with zero attached hydrogens (tertiary/aromatic N) is 1. The van der Waals surface area contributed by atoms with E-state index in [4.69, 9.17) is 4.74 Å². The molecule has 0 aromatic heterocycles. The summed E-state index contributed by atoms with van der Waals surface area (Å²) < 4.78 is 6.43. The first-order chi connectivity index (χ1) is 21.0. The molecule has 1 aliphatic carbocycles. The topological polar surface area (TPSA) is 78.9 Å². The first-order valence-electron chi connectivity index (χ1n) is 15.6. The lowest BCUT2D eigenvalue weighted by Gasteiger charge is -2.32. The summed E-state index contributed by atoms with van der Waals surface area (Å²) in [4.78, 5) is 29.2. The number of rotatable bonds is 10. The monoisotopic (exact) mass is 576 g/mol. The van der Waals surface area contributed by atoms with Crippen LogP contribution in [0.3, 0.4) is 0 Å². The van der Waals surface area contributed by atoms with Gasteiger partial charge in [-0.3, -0.25) is 14.5 Å². The molecule has 0 unspecified atom stereocenters. The summed E-state index contributed by atoms with van der Waals surface area (Å²) in [5.74, 6) is -0.674. The minimum atomic E-state index is -0.377. The van der Waals surface area contributed by atoms with Gasteiger partial charge >= 0.3 is 0 Å². The molecule has 3 aromatic carbocycles. The second-order valence-electron chi connectivity index (χ2n) is 11.9. The number of phenolic OH excluding ortho intramolecular Hbond substituents is 1. The van der Waals surface area contributed by atoms with Crippen LogP contribution in [-0.4, -0.2) is 29.6 Å². The van der Waals surface area contributed by atoms with Crippen LogP contribution in [0.2, 0.25) is 0 Å². The summed E-state index contributed by atoms with van der Waals surface area (Å²) >= 11 is 0. The number of anilines is 3. The summed E-state index contributed by atoms with van der Waals surface area (Å²) in [5, 5.41) is 13.6. The van der Waals surface area contributed by atoms with E-state index in [9.17, 15) is 14.7 Å². The van der Waals surface area contributed by atoms with E-state index < -0.39 is 0 Å². The van der Waals surface area contributed by atoms with Crippen molar-refractivity contribution in [3.8, 4) is 5.75 Å². The van der Waals surface area contributed by atoms with Crippen LogP contribution in [0.25, 0.3) is 6.08 Å². The number of imide groups is 1. The van der Waals surface area contributed by atoms with Gasteiger partial charge in [0, 0.05) is 22.9 Å². The molecule has 0 spiro atoms. The van der Waals surface area contributed by atoms with Gasteiger partial charge in [0.15, 0.2) is 0 Å². The lowest BCUT2D eigenvalue weighted by molar-refractivity contribution is -0.122. The Hall–Kier alpha value is -4.16. The highest BCUT2D eigenvalue weighted by Gasteiger charge is 2.57. The molecule has 2 aliphatic heterocycles. The van der Waals surface area contributed by atoms with Crippen molar-refractivity contribution in [1.82, 2.24) is 0 Å². The van der Waals surface area contributed by atoms with Gasteiger partial charge in [0.1, 0.15) is 5.75 Å². The summed E-state index contributed by atoms with van der Waals surface area (Å²) in [6.07, 6.45) is 7.14. The molecule has 3 aromatic rings. The zero-order valence-electron chi connectivity index (χ0n) is 25.0. The zero-order valence-corrected chi connectivity index (χ0v) is 25.0. The average molecular weight is 577 g/mol. The fourth-order valence-electron chi connectivity index (χ4n) is 7.14. The molecule has 2 saturated heterocycles. The number of para-hydroxylation sites is 2. The number of fused-ring (bicyclic) bond motifs is 3. The molecule has 3 aliphatic rings. The third-order valence-electron chi connectivity index (χ3n) is 9.23. The second kappa shape index (κ2) is 12.6. The molecular formula is C37H40N2O4. The van der Waals surface area contributed by atoms with Crippen LogP contribution >= 0.6 is 0 Å². The molecule has 2 amide bonds. The van der Waals surface area contributed by atoms with Crippen molar-refractivity contribution < 1.29 is 19.4 Å². The molecule has 4 atom stereocenters. The van der Waals surface area contributed by atoms with Crippen LogP contribution in [0, 0.1) is 17.8 Å². The molecule has 6 nitrogen and oxygen atoms in total. The molecule has 0 saturated carbocycles. The number of benzene rings is 3. The van der Waals surface area contributed by atoms with Crippen LogP contribution in [-0.2, 0) is 14.3 Å². The number of nitrogens with one attached hydrogen (secondary N) is 1. The number of aromatic hydroxyl groups is 1. The zero-order chi connectivity index (χ0) is 29.9. The van der Waals surface area contributed by atoms with Crippen LogP contribution < -0.4 is 10.2 Å². The summed E-state index contributed by atoms with van der Waals surface area (Å²) in [6, 6.07) is 24.9. The normalized spacial score (nSPS) is 23.5. The number of ether oxygens (including phenoxy) is 1. The van der Waals surface area contributed by atoms with Crippen molar-refractivity contribution in [2.45, 2.75) is 58.5 Å². The quantitative estimate of drug-likeness (QED) is 0.189. The van der Waals surface area contributed by atoms with Crippen molar-refractivity contribution in [2.75, 3.05) is 16.8 Å². The van der Waals surface area contributed by atoms with Gasteiger partial charge in [0.2, 0.25) is 11.8 Å². The third-order valence-corrected chi connectivity index (χ3v) is 9.23. The van der Waals surface area contributed by atoms with E-state index in [1.807, 2.05) is 72.8 Å². The molecule has 2 fully saturated rings. The van der Waals surface area contributed by atoms with Gasteiger partial charge in [-0.1, -0.05) is 73.9 Å². The molecule has 0 radical (unpaired) electrons. The molecule has 0 bridgehead atoms. The Morgan fingerprint density at radius 1 is 0.930 bits per heavy atom. The van der Waals surface area contributed by atoms with Gasteiger partial charge in [-0.05, 0) is 80.1 Å². The van der Waals surface area contributed by atoms with Gasteiger partial charge in [-0.2, -0.15) is 0 Å². The van der Waals surface area contributed by atoms with Gasteiger partial charge in [-0.25, -0.2) is 0 Å². The van der Waals surface area contributed by atoms with Gasteiger partial charge in [-0.15, -0.1) is 0 Å². The maximum atomic E-state index is 14.0. The summed E-state index contributed by atoms with van der Waals surface area (Å²) in [7, 11) is 0. The van der Waals surface area contributed by atoms with Crippen molar-refractivity contribution in [3.05, 3.63) is 101 Å². The Kier molecular flexibility index (Phi) is 8.48. The first kappa shape index (κ1) is 28.9. The van der Waals surface area contributed by atoms with Crippen LogP contribution in [0.1, 0.15) is 57.9 Å². The molecule has 222 valence electrons. The van der Waals surface area contributed by atoms with Crippen molar-refractivity contribution in [3.63, 3.8) is 0 Å². The molecule has 2 heterocycles. The fourth-order valence-corrected chi connectivity index (χ4v) is 7.14. The largest absolute Gasteiger partial charge is 0.507 e. The summed E-state index contributed by atoms with van der Waals surface area (Å²) in [6.45, 7) is 4.79. The Labute approximate surface area is 254 Å². The Morgan fingerprint density at radius 2 is 1.65 bits per heavy atom. The van der Waals surface area contributed by atoms with Crippen molar-refractivity contribution in [1.29, 1.82) is 0 Å². The van der Waals surface area contributed by atoms with E-state index in [0.29, 0.717) is 18.7 Å². The van der Waals surface area contributed by atoms with Crippen LogP contribution in [0.15, 0.2) is 95.6 Å². The lowest BCUT2D eigenvalue weighted by atomic mass is 9.68. The lowest BCUT2D eigenvalue weighted by Crippen LogP contribution is -2.34. The van der Waals surface area contributed by atoms with E-state index in [0.717, 1.165) is 49.0 Å². The predicted molar refractivity (Wildman–Crippen MR) is 171 cm³/mol. The Bertz CT molecular complexity index is 1540. The van der Waals surface area contributed by atoms with E-state index in [1.165, 1.54) is 21.6 Å². The highest BCUT2D eigenvalue weighted by Crippen LogP contribution is 2.51. The van der Waals surface area contributed by atoms with E-state index >= 15 is 0 Å². The van der Waals surface area contributed by atoms with E-state index in [-0.39, 0.29) is 41.4 Å². The maximum Gasteiger partial charge on any atom is 0.238 e. The van der Waals surface area contributed by atoms with E-state index in [1.54, 1.807) is 6.07 Å². The predicted octanol–water partition coefficient (Wildman–Crippen LogP) is 8.03. The van der Waals surface area contributed by atoms with Gasteiger partial charge in [0.05, 0.1) is 30.2 Å². The van der Waals surface area contributed by atoms with Gasteiger partial charge in [0.25, 0.3) is 0 Å². The number of amides is 2. The smallest absolute Gasteiger partial charge is 0.238 e. The van der Waals surface area contributed by atoms with Crippen molar-refractivity contribution in [2.24, 2.45) is 17.8 Å². The minimum absolute atomic E-state index is 0.0490. The molecule has 43 heavy (non-hydrogen) atoms. The second-order valence-corrected chi connectivity index (χ2v) is 11.9. The SMILES string of the molecule is CCCC1=C2[C@@H](CC/C(=C/c3ccccc3O)CC)OC[C@@H]2[C@@H]2C(=O)N(c3ccc(Nc4ccccc4)cc3)C(=O)[C@@H]2C1. The number of allylic oxidation sites excluding steroid dienone is 2. The number of carbonyl (C=O) groups is 2. The molecule has 6 heteroatoms. The summed E-state index contributed by atoms with van der Waals surface area (Å²) in [5.41, 5.74) is 7.16. The molecule has 6 rings (SSSR count). The highest BCUT2D eigenvalue weighted by molar-refractivity contribution is 6.22. The molecule has 2 N–H and O–H groups in total. The minimum Gasteiger partial charge on any atom is -0.507 e. The highest BCUT2D eigenvalue weighted by atomic mass is 16.5. The number of carbonyl (C=O) groups excluding carboxylic acids is 2. The Balaban J connectivity index is 1.20. The van der Waals surface area contributed by atoms with E-state index in [2.05, 4.69) is 25.2 Å². The Morgan fingerprint density at radius 3 is 2.37 bits per heavy atom.